The Morgan fingerprint density at radius 3 is 2.37 bits per heavy atom. The van der Waals surface area contributed by atoms with Gasteiger partial charge in [-0.2, -0.15) is 8.42 Å². The maximum absolute atomic E-state index is 12.9. The number of aromatic hydroxyl groups is 3. The molecular weight excluding hydrogens is 492 g/mol. The summed E-state index contributed by atoms with van der Waals surface area (Å²) in [5.74, 6) is -1.83. The molecule has 1 aromatic heterocycles. The second-order valence-corrected chi connectivity index (χ2v) is 8.85. The van der Waals surface area contributed by atoms with Crippen LogP contribution in [0.3, 0.4) is 0 Å². The molecule has 14 heteroatoms. The van der Waals surface area contributed by atoms with Crippen molar-refractivity contribution >= 4 is 21.4 Å². The van der Waals surface area contributed by atoms with E-state index >= 15 is 0 Å². The number of ether oxygens (including phenoxy) is 1. The lowest BCUT2D eigenvalue weighted by Gasteiger charge is -2.41. The first-order valence-electron chi connectivity index (χ1n) is 10.0. The summed E-state index contributed by atoms with van der Waals surface area (Å²) in [7, 11) is -5.24. The number of phenolic OH excluding ortho intramolecular Hbond substituents is 3. The summed E-state index contributed by atoms with van der Waals surface area (Å²) in [4.78, 5) is 12.9. The number of hydrogen-bond donors (Lipinski definition) is 7. The number of aliphatic hydroxyl groups is 3. The van der Waals surface area contributed by atoms with Gasteiger partial charge < -0.3 is 39.8 Å². The van der Waals surface area contributed by atoms with Crippen molar-refractivity contribution in [1.29, 1.82) is 0 Å². The number of rotatable bonds is 5. The topological polar surface area (TPSA) is 224 Å². The molecule has 1 fully saturated rings. The Morgan fingerprint density at radius 1 is 1.03 bits per heavy atom. The van der Waals surface area contributed by atoms with Gasteiger partial charge in [0, 0.05) is 17.7 Å². The van der Waals surface area contributed by atoms with E-state index < -0.39 is 75.4 Å². The molecule has 1 aliphatic heterocycles. The highest BCUT2D eigenvalue weighted by atomic mass is 32.3. The van der Waals surface area contributed by atoms with Crippen LogP contribution < -0.4 is 5.43 Å². The molecule has 1 aliphatic rings. The molecule has 2 aromatic carbocycles. The first kappa shape index (κ1) is 24.9. The second kappa shape index (κ2) is 9.09. The van der Waals surface area contributed by atoms with Gasteiger partial charge in [0.15, 0.2) is 5.43 Å². The number of aliphatic hydroxyl groups excluding tert-OH is 3. The molecule has 5 atom stereocenters. The predicted octanol–water partition coefficient (Wildman–Crippen LogP) is -0.0812. The molecule has 0 saturated carbocycles. The standard InChI is InChI=1S/C21H20O13S/c22-7-14-17(26)19(28)21(34-35(29,30)31)20(33-14)16-11(25)6-13-15(18(16)27)10(24)5-12(32-13)8-2-1-3-9(23)4-8/h1-6,14,17,19-23,25-28H,7H2,(H,29,30,31)/t14-,17-,19+,20+,21+/m1/s1. The molecule has 0 bridgehead atoms. The average molecular weight is 512 g/mol. The molecule has 1 saturated heterocycles. The third kappa shape index (κ3) is 4.68. The fraction of sp³-hybridized carbons (Fsp3) is 0.286. The molecule has 2 heterocycles. The predicted molar refractivity (Wildman–Crippen MR) is 116 cm³/mol. The van der Waals surface area contributed by atoms with E-state index in [9.17, 15) is 43.9 Å². The SMILES string of the molecule is O=c1cc(-c2cccc(O)c2)oc2cc(O)c([C@@H]3O[C@H](CO)[C@@H](O)[C@H](O)[C@@H]3OS(=O)(=O)O)c(O)c12. The Kier molecular flexibility index (Phi) is 6.46. The molecule has 4 rings (SSSR count). The smallest absolute Gasteiger partial charge is 0.397 e. The Bertz CT molecular complexity index is 1430. The van der Waals surface area contributed by atoms with Crippen molar-refractivity contribution in [1.82, 2.24) is 0 Å². The van der Waals surface area contributed by atoms with Crippen molar-refractivity contribution in [3.8, 4) is 28.6 Å². The summed E-state index contributed by atoms with van der Waals surface area (Å²) in [5, 5.41) is 60.7. The van der Waals surface area contributed by atoms with Crippen molar-refractivity contribution < 1.29 is 56.9 Å². The summed E-state index contributed by atoms with van der Waals surface area (Å²) in [5.41, 5.74) is -1.41. The fourth-order valence-electron chi connectivity index (χ4n) is 3.96. The first-order valence-corrected chi connectivity index (χ1v) is 11.4. The monoisotopic (exact) mass is 512 g/mol. The van der Waals surface area contributed by atoms with Crippen LogP contribution in [0.15, 0.2) is 45.6 Å². The van der Waals surface area contributed by atoms with Crippen LogP contribution in [0.2, 0.25) is 0 Å². The third-order valence-electron chi connectivity index (χ3n) is 5.53. The summed E-state index contributed by atoms with van der Waals surface area (Å²) in [6.45, 7) is -0.863. The van der Waals surface area contributed by atoms with Crippen LogP contribution in [0, 0.1) is 0 Å². The minimum Gasteiger partial charge on any atom is -0.508 e. The fourth-order valence-corrected chi connectivity index (χ4v) is 4.45. The van der Waals surface area contributed by atoms with Gasteiger partial charge in [-0.25, -0.2) is 4.18 Å². The van der Waals surface area contributed by atoms with Crippen molar-refractivity contribution in [2.45, 2.75) is 30.5 Å². The van der Waals surface area contributed by atoms with E-state index in [1.165, 1.54) is 24.3 Å². The van der Waals surface area contributed by atoms with Gasteiger partial charge in [-0.05, 0) is 12.1 Å². The van der Waals surface area contributed by atoms with Crippen molar-refractivity contribution in [2.75, 3.05) is 6.61 Å². The van der Waals surface area contributed by atoms with Crippen LogP contribution in [0.5, 0.6) is 17.2 Å². The zero-order valence-corrected chi connectivity index (χ0v) is 18.4. The van der Waals surface area contributed by atoms with E-state index in [-0.39, 0.29) is 17.1 Å². The maximum atomic E-state index is 12.9. The average Bonchev–Trinajstić information content (AvgIpc) is 2.77. The van der Waals surface area contributed by atoms with Gasteiger partial charge in [0.05, 0.1) is 12.2 Å². The van der Waals surface area contributed by atoms with Gasteiger partial charge in [0.1, 0.15) is 64.5 Å². The van der Waals surface area contributed by atoms with Crippen LogP contribution in [0.4, 0.5) is 0 Å². The van der Waals surface area contributed by atoms with Gasteiger partial charge >= 0.3 is 10.4 Å². The summed E-state index contributed by atoms with van der Waals surface area (Å²) in [6.07, 6.45) is -9.46. The molecule has 0 radical (unpaired) electrons. The minimum absolute atomic E-state index is 0.00895. The van der Waals surface area contributed by atoms with Crippen molar-refractivity contribution in [3.63, 3.8) is 0 Å². The highest BCUT2D eigenvalue weighted by Gasteiger charge is 2.49. The zero-order chi connectivity index (χ0) is 25.7. The second-order valence-electron chi connectivity index (χ2n) is 7.80. The molecular formula is C21H20O13S. The molecule has 0 amide bonds. The quantitative estimate of drug-likeness (QED) is 0.222. The van der Waals surface area contributed by atoms with Gasteiger partial charge in [-0.1, -0.05) is 12.1 Å². The first-order chi connectivity index (χ1) is 16.4. The van der Waals surface area contributed by atoms with E-state index in [4.69, 9.17) is 13.7 Å². The molecule has 188 valence electrons. The van der Waals surface area contributed by atoms with Gasteiger partial charge in [0.25, 0.3) is 0 Å². The summed E-state index contributed by atoms with van der Waals surface area (Å²) in [6, 6.07) is 7.66. The highest BCUT2D eigenvalue weighted by Crippen LogP contribution is 2.45. The molecule has 13 nitrogen and oxygen atoms in total. The Hall–Kier alpha value is -3.24. The van der Waals surface area contributed by atoms with Gasteiger partial charge in [-0.15, -0.1) is 0 Å². The molecule has 0 aliphatic carbocycles. The van der Waals surface area contributed by atoms with Gasteiger partial charge in [-0.3, -0.25) is 9.35 Å². The molecule has 3 aromatic rings. The van der Waals surface area contributed by atoms with Crippen LogP contribution in [-0.2, 0) is 19.3 Å². The zero-order valence-electron chi connectivity index (χ0n) is 17.5. The Morgan fingerprint density at radius 2 is 1.74 bits per heavy atom. The van der Waals surface area contributed by atoms with E-state index in [2.05, 4.69) is 4.18 Å². The summed E-state index contributed by atoms with van der Waals surface area (Å²) < 4.78 is 47.2. The lowest BCUT2D eigenvalue weighted by molar-refractivity contribution is -0.226. The molecule has 0 spiro atoms. The normalized spacial score (nSPS) is 25.1. The van der Waals surface area contributed by atoms with Crippen molar-refractivity contribution in [2.24, 2.45) is 0 Å². The maximum Gasteiger partial charge on any atom is 0.397 e. The van der Waals surface area contributed by atoms with Crippen LogP contribution in [0.25, 0.3) is 22.3 Å². The lowest BCUT2D eigenvalue weighted by atomic mass is 9.89. The minimum atomic E-state index is -5.24. The summed E-state index contributed by atoms with van der Waals surface area (Å²) >= 11 is 0. The number of hydrogen-bond acceptors (Lipinski definition) is 12. The van der Waals surface area contributed by atoms with E-state index in [0.717, 1.165) is 12.1 Å². The molecule has 35 heavy (non-hydrogen) atoms. The van der Waals surface area contributed by atoms with Gasteiger partial charge in [0.2, 0.25) is 0 Å². The van der Waals surface area contributed by atoms with Crippen molar-refractivity contribution in [3.05, 3.63) is 52.2 Å². The van der Waals surface area contributed by atoms with E-state index in [0.29, 0.717) is 5.56 Å². The number of phenols is 3. The molecule has 7 N–H and O–H groups in total. The lowest BCUT2D eigenvalue weighted by Crippen LogP contribution is -2.56. The van der Waals surface area contributed by atoms with E-state index in [1.54, 1.807) is 0 Å². The number of fused-ring (bicyclic) bond motifs is 1. The van der Waals surface area contributed by atoms with Crippen LogP contribution in [-0.4, -0.2) is 74.6 Å². The largest absolute Gasteiger partial charge is 0.508 e. The number of benzene rings is 2. The third-order valence-corrected chi connectivity index (χ3v) is 5.99. The highest BCUT2D eigenvalue weighted by molar-refractivity contribution is 7.80. The molecule has 0 unspecified atom stereocenters. The van der Waals surface area contributed by atoms with Crippen LogP contribution in [0.1, 0.15) is 11.7 Å². The van der Waals surface area contributed by atoms with E-state index in [1.807, 2.05) is 0 Å². The Labute approximate surface area is 196 Å². The van der Waals surface area contributed by atoms with Crippen LogP contribution >= 0.6 is 0 Å². The Balaban J connectivity index is 1.90.